The summed E-state index contributed by atoms with van der Waals surface area (Å²) in [6.45, 7) is 0.331. The lowest BCUT2D eigenvalue weighted by atomic mass is 10.2. The monoisotopic (exact) mass is 492 g/mol. The fraction of sp³-hybridized carbons (Fsp3) is 0.115. The number of carbonyl (C=O) groups is 3. The van der Waals surface area contributed by atoms with Crippen LogP contribution in [-0.2, 0) is 9.59 Å². The van der Waals surface area contributed by atoms with Crippen LogP contribution in [0.5, 0.6) is 11.5 Å². The average molecular weight is 493 g/mol. The van der Waals surface area contributed by atoms with E-state index in [1.54, 1.807) is 30.3 Å². The molecule has 3 amide bonds. The molecule has 0 unspecified atom stereocenters. The lowest BCUT2D eigenvalue weighted by Crippen LogP contribution is -2.36. The smallest absolute Gasteiger partial charge is 0.294 e. The van der Waals surface area contributed by atoms with E-state index in [2.05, 4.69) is 5.32 Å². The summed E-state index contributed by atoms with van der Waals surface area (Å²) in [6, 6.07) is 21.7. The van der Waals surface area contributed by atoms with Crippen molar-refractivity contribution in [3.8, 4) is 11.5 Å². The maximum atomic E-state index is 13.0. The zero-order chi connectivity index (χ0) is 24.6. The molecule has 4 rings (SSSR count). The van der Waals surface area contributed by atoms with Crippen LogP contribution in [0.15, 0.2) is 83.8 Å². The Kier molecular flexibility index (Phi) is 7.79. The topological polar surface area (TPSA) is 84.9 Å². The van der Waals surface area contributed by atoms with Crippen LogP contribution in [0, 0.1) is 5.82 Å². The van der Waals surface area contributed by atoms with Gasteiger partial charge >= 0.3 is 0 Å². The average Bonchev–Trinajstić information content (AvgIpc) is 3.12. The number of hydrogen-bond acceptors (Lipinski definition) is 6. The van der Waals surface area contributed by atoms with Gasteiger partial charge in [-0.15, -0.1) is 0 Å². The molecule has 0 atom stereocenters. The Labute approximate surface area is 205 Å². The predicted molar refractivity (Wildman–Crippen MR) is 132 cm³/mol. The number of nitrogens with one attached hydrogen (secondary N) is 1. The van der Waals surface area contributed by atoms with Crippen LogP contribution >= 0.6 is 11.8 Å². The van der Waals surface area contributed by atoms with Crippen LogP contribution < -0.4 is 14.8 Å². The predicted octanol–water partition coefficient (Wildman–Crippen LogP) is 4.96. The van der Waals surface area contributed by atoms with Gasteiger partial charge in [0.1, 0.15) is 37.1 Å². The van der Waals surface area contributed by atoms with Gasteiger partial charge < -0.3 is 14.8 Å². The molecule has 1 fully saturated rings. The van der Waals surface area contributed by atoms with E-state index < -0.39 is 29.4 Å². The first kappa shape index (κ1) is 24.0. The van der Waals surface area contributed by atoms with Gasteiger partial charge in [-0.3, -0.25) is 19.3 Å². The van der Waals surface area contributed by atoms with Crippen LogP contribution in [0.4, 0.5) is 14.9 Å². The molecule has 7 nitrogen and oxygen atoms in total. The third-order valence-corrected chi connectivity index (χ3v) is 5.75. The summed E-state index contributed by atoms with van der Waals surface area (Å²) < 4.78 is 24.2. The first-order valence-corrected chi connectivity index (χ1v) is 11.5. The number of carbonyl (C=O) groups excluding carboxylic acids is 3. The Bertz CT molecular complexity index is 1230. The zero-order valence-electron chi connectivity index (χ0n) is 18.5. The number of ether oxygens (including phenoxy) is 2. The first-order valence-electron chi connectivity index (χ1n) is 10.7. The van der Waals surface area contributed by atoms with E-state index in [4.69, 9.17) is 9.47 Å². The molecule has 0 aliphatic carbocycles. The normalized spacial score (nSPS) is 14.3. The fourth-order valence-corrected chi connectivity index (χ4v) is 4.00. The molecule has 9 heteroatoms. The maximum Gasteiger partial charge on any atom is 0.294 e. The van der Waals surface area contributed by atoms with Crippen molar-refractivity contribution in [3.05, 3.63) is 95.1 Å². The molecule has 1 aliphatic heterocycles. The van der Waals surface area contributed by atoms with E-state index in [0.29, 0.717) is 30.2 Å². The van der Waals surface area contributed by atoms with E-state index in [1.807, 2.05) is 30.3 Å². The van der Waals surface area contributed by atoms with Crippen molar-refractivity contribution in [2.24, 2.45) is 0 Å². The SMILES string of the molecule is O=C(CN1C(=O)S/C(=C/c2ccc(OCCOc3ccccc3)cc2)C1=O)Nc1ccc(F)cc1. The van der Waals surface area contributed by atoms with E-state index in [0.717, 1.165) is 22.4 Å². The number of rotatable bonds is 9. The second-order valence-electron chi connectivity index (χ2n) is 7.40. The second kappa shape index (κ2) is 11.3. The molecule has 0 spiro atoms. The first-order chi connectivity index (χ1) is 17.0. The minimum Gasteiger partial charge on any atom is -0.490 e. The third-order valence-electron chi connectivity index (χ3n) is 4.85. The standard InChI is InChI=1S/C26H21FN2O5S/c27-19-8-10-20(11-9-19)28-24(30)17-29-25(31)23(35-26(29)32)16-18-6-12-22(13-7-18)34-15-14-33-21-4-2-1-3-5-21/h1-13,16H,14-15,17H2,(H,28,30)/b23-16+. The molecular formula is C26H21FN2O5S. The summed E-state index contributed by atoms with van der Waals surface area (Å²) in [5.41, 5.74) is 1.08. The number of para-hydroxylation sites is 1. The van der Waals surface area contributed by atoms with Gasteiger partial charge in [0, 0.05) is 5.69 Å². The highest BCUT2D eigenvalue weighted by Crippen LogP contribution is 2.32. The fourth-order valence-electron chi connectivity index (χ4n) is 3.16. The van der Waals surface area contributed by atoms with Crippen LogP contribution in [-0.4, -0.2) is 41.7 Å². The largest absolute Gasteiger partial charge is 0.490 e. The molecule has 0 saturated carbocycles. The third kappa shape index (κ3) is 6.70. The minimum atomic E-state index is -0.557. The Morgan fingerprint density at radius 2 is 1.51 bits per heavy atom. The molecule has 1 aliphatic rings. The number of benzene rings is 3. The van der Waals surface area contributed by atoms with Crippen molar-refractivity contribution in [1.82, 2.24) is 4.90 Å². The number of thioether (sulfide) groups is 1. The lowest BCUT2D eigenvalue weighted by molar-refractivity contribution is -0.127. The molecule has 35 heavy (non-hydrogen) atoms. The van der Waals surface area contributed by atoms with Crippen molar-refractivity contribution in [2.45, 2.75) is 0 Å². The summed E-state index contributed by atoms with van der Waals surface area (Å²) in [6.07, 6.45) is 1.59. The number of halogens is 1. The quantitative estimate of drug-likeness (QED) is 0.336. The van der Waals surface area contributed by atoms with Crippen LogP contribution in [0.1, 0.15) is 5.56 Å². The highest BCUT2D eigenvalue weighted by Gasteiger charge is 2.36. The molecular weight excluding hydrogens is 471 g/mol. The number of imide groups is 1. The molecule has 0 bridgehead atoms. The summed E-state index contributed by atoms with van der Waals surface area (Å²) in [5.74, 6) is -0.126. The van der Waals surface area contributed by atoms with Crippen LogP contribution in [0.25, 0.3) is 6.08 Å². The number of hydrogen-bond donors (Lipinski definition) is 1. The summed E-state index contributed by atoms with van der Waals surface area (Å²) in [7, 11) is 0. The van der Waals surface area contributed by atoms with Gasteiger partial charge in [-0.1, -0.05) is 30.3 Å². The lowest BCUT2D eigenvalue weighted by Gasteiger charge is -2.12. The van der Waals surface area contributed by atoms with E-state index in [9.17, 15) is 18.8 Å². The van der Waals surface area contributed by atoms with Gasteiger partial charge in [0.05, 0.1) is 4.91 Å². The van der Waals surface area contributed by atoms with Crippen LogP contribution in [0.2, 0.25) is 0 Å². The molecule has 178 valence electrons. The van der Waals surface area contributed by atoms with Crippen molar-refractivity contribution in [3.63, 3.8) is 0 Å². The van der Waals surface area contributed by atoms with Crippen molar-refractivity contribution in [1.29, 1.82) is 0 Å². The van der Waals surface area contributed by atoms with Gasteiger partial charge in [0.2, 0.25) is 5.91 Å². The Balaban J connectivity index is 1.28. The zero-order valence-corrected chi connectivity index (χ0v) is 19.3. The molecule has 3 aromatic carbocycles. The van der Waals surface area contributed by atoms with Gasteiger partial charge in [0.15, 0.2) is 0 Å². The van der Waals surface area contributed by atoms with Crippen molar-refractivity contribution < 1.29 is 28.2 Å². The van der Waals surface area contributed by atoms with E-state index in [-0.39, 0.29) is 4.91 Å². The molecule has 1 N–H and O–H groups in total. The summed E-state index contributed by atoms with van der Waals surface area (Å²) >= 11 is 0.767. The van der Waals surface area contributed by atoms with Gasteiger partial charge in [0.25, 0.3) is 11.1 Å². The maximum absolute atomic E-state index is 13.0. The van der Waals surface area contributed by atoms with Gasteiger partial charge in [-0.05, 0) is 71.9 Å². The summed E-state index contributed by atoms with van der Waals surface area (Å²) in [5, 5.41) is 2.00. The molecule has 3 aromatic rings. The van der Waals surface area contributed by atoms with Crippen molar-refractivity contribution in [2.75, 3.05) is 25.1 Å². The van der Waals surface area contributed by atoms with E-state index in [1.165, 1.54) is 24.3 Å². The van der Waals surface area contributed by atoms with Gasteiger partial charge in [-0.2, -0.15) is 0 Å². The highest BCUT2D eigenvalue weighted by atomic mass is 32.2. The van der Waals surface area contributed by atoms with Crippen molar-refractivity contribution >= 4 is 40.6 Å². The van der Waals surface area contributed by atoms with E-state index >= 15 is 0 Å². The number of amides is 3. The number of anilines is 1. The summed E-state index contributed by atoms with van der Waals surface area (Å²) in [4.78, 5) is 38.3. The number of nitrogens with zero attached hydrogens (tertiary/aromatic N) is 1. The Hall–Kier alpha value is -4.11. The van der Waals surface area contributed by atoms with Crippen LogP contribution in [0.3, 0.4) is 0 Å². The minimum absolute atomic E-state index is 0.217. The highest BCUT2D eigenvalue weighted by molar-refractivity contribution is 8.18. The molecule has 1 heterocycles. The second-order valence-corrected chi connectivity index (χ2v) is 8.40. The van der Waals surface area contributed by atoms with Gasteiger partial charge in [-0.25, -0.2) is 4.39 Å². The Morgan fingerprint density at radius 1 is 0.886 bits per heavy atom. The Morgan fingerprint density at radius 3 is 2.17 bits per heavy atom. The molecule has 0 aromatic heterocycles. The molecule has 0 radical (unpaired) electrons. The molecule has 1 saturated heterocycles.